The van der Waals surface area contributed by atoms with Gasteiger partial charge in [0.05, 0.1) is 0 Å². The molecule has 0 spiro atoms. The molecule has 2 rings (SSSR count). The van der Waals surface area contributed by atoms with Crippen LogP contribution in [0.4, 0.5) is 0 Å². The Balaban J connectivity index is 1.97. The maximum atomic E-state index is 12.2. The van der Waals surface area contributed by atoms with Crippen LogP contribution in [0.5, 0.6) is 0 Å². The average molecular weight is 340 g/mol. The number of aliphatic hydroxyl groups excluding tert-OH is 1. The van der Waals surface area contributed by atoms with Gasteiger partial charge in [-0.25, -0.2) is 0 Å². The van der Waals surface area contributed by atoms with Crippen LogP contribution in [0.3, 0.4) is 0 Å². The van der Waals surface area contributed by atoms with E-state index in [1.165, 1.54) is 0 Å². The molecule has 2 aromatic rings. The highest BCUT2D eigenvalue weighted by molar-refractivity contribution is 5.95. The molecule has 0 aliphatic heterocycles. The summed E-state index contributed by atoms with van der Waals surface area (Å²) in [5, 5.41) is 14.4. The Hall–Kier alpha value is -2.66. The first-order valence-corrected chi connectivity index (χ1v) is 8.43. The largest absolute Gasteiger partial charge is 0.396 e. The van der Waals surface area contributed by atoms with Crippen LogP contribution in [0, 0.1) is 0 Å². The highest BCUT2D eigenvalue weighted by Gasteiger charge is 2.07. The molecule has 0 fully saturated rings. The highest BCUT2D eigenvalue weighted by Crippen LogP contribution is 2.21. The van der Waals surface area contributed by atoms with Gasteiger partial charge in [-0.2, -0.15) is 0 Å². The van der Waals surface area contributed by atoms with E-state index >= 15 is 0 Å². The Labute approximate surface area is 148 Å². The van der Waals surface area contributed by atoms with Crippen molar-refractivity contribution >= 4 is 11.8 Å². The van der Waals surface area contributed by atoms with Gasteiger partial charge in [-0.05, 0) is 41.7 Å². The van der Waals surface area contributed by atoms with Crippen molar-refractivity contribution in [3.8, 4) is 11.1 Å². The zero-order chi connectivity index (χ0) is 18.1. The van der Waals surface area contributed by atoms with Gasteiger partial charge in [0.15, 0.2) is 0 Å². The molecule has 3 N–H and O–H groups in total. The molecule has 0 unspecified atom stereocenters. The Morgan fingerprint density at radius 2 is 1.80 bits per heavy atom. The summed E-state index contributed by atoms with van der Waals surface area (Å²) in [6.07, 6.45) is 1.65. The molecule has 5 heteroatoms. The second-order valence-corrected chi connectivity index (χ2v) is 5.78. The van der Waals surface area contributed by atoms with Crippen molar-refractivity contribution in [3.05, 3.63) is 59.7 Å². The van der Waals surface area contributed by atoms with Crippen LogP contribution in [0.2, 0.25) is 0 Å². The fourth-order valence-electron chi connectivity index (χ4n) is 2.51. The third kappa shape index (κ3) is 5.72. The maximum Gasteiger partial charge on any atom is 0.251 e. The number of carbonyl (C=O) groups excluding carboxylic acids is 2. The number of nitrogens with one attached hydrogen (secondary N) is 2. The van der Waals surface area contributed by atoms with Gasteiger partial charge in [0, 0.05) is 32.2 Å². The lowest BCUT2D eigenvalue weighted by Gasteiger charge is -2.08. The van der Waals surface area contributed by atoms with Crippen LogP contribution in [0.25, 0.3) is 11.1 Å². The van der Waals surface area contributed by atoms with Gasteiger partial charge in [0.2, 0.25) is 5.91 Å². The zero-order valence-electron chi connectivity index (χ0n) is 14.4. The van der Waals surface area contributed by atoms with Crippen molar-refractivity contribution in [1.29, 1.82) is 0 Å². The summed E-state index contributed by atoms with van der Waals surface area (Å²) in [7, 11) is 1.60. The lowest BCUT2D eigenvalue weighted by atomic mass is 10.0. The molecule has 0 aliphatic carbocycles. The molecule has 0 atom stereocenters. The molecule has 25 heavy (non-hydrogen) atoms. The van der Waals surface area contributed by atoms with E-state index in [2.05, 4.69) is 10.6 Å². The van der Waals surface area contributed by atoms with Gasteiger partial charge in [-0.1, -0.05) is 36.4 Å². The van der Waals surface area contributed by atoms with E-state index in [0.29, 0.717) is 31.4 Å². The van der Waals surface area contributed by atoms with Crippen molar-refractivity contribution in [2.24, 2.45) is 0 Å². The Bertz CT molecular complexity index is 711. The van der Waals surface area contributed by atoms with Crippen molar-refractivity contribution in [2.75, 3.05) is 20.2 Å². The lowest BCUT2D eigenvalue weighted by Crippen LogP contribution is -2.26. The standard InChI is InChI=1S/C20H24N2O3/c1-21-19(24)6-3-12-22-20(25)18-5-2-4-17(14-18)16-9-7-15(8-10-16)11-13-23/h2,4-5,7-10,14,23H,3,6,11-13H2,1H3,(H,21,24)(H,22,25). The van der Waals surface area contributed by atoms with Gasteiger partial charge < -0.3 is 15.7 Å². The van der Waals surface area contributed by atoms with Gasteiger partial charge in [0.1, 0.15) is 0 Å². The van der Waals surface area contributed by atoms with Crippen LogP contribution in [0.15, 0.2) is 48.5 Å². The monoisotopic (exact) mass is 340 g/mol. The molecule has 0 saturated heterocycles. The number of rotatable bonds is 8. The minimum absolute atomic E-state index is 0.0270. The fourth-order valence-corrected chi connectivity index (χ4v) is 2.51. The molecule has 2 amide bonds. The van der Waals surface area contributed by atoms with Gasteiger partial charge in [-0.3, -0.25) is 9.59 Å². The second-order valence-electron chi connectivity index (χ2n) is 5.78. The summed E-state index contributed by atoms with van der Waals surface area (Å²) in [6, 6.07) is 15.4. The maximum absolute atomic E-state index is 12.2. The molecule has 0 aliphatic rings. The Morgan fingerprint density at radius 1 is 1.04 bits per heavy atom. The summed E-state index contributed by atoms with van der Waals surface area (Å²) in [5.74, 6) is -0.170. The molecular weight excluding hydrogens is 316 g/mol. The first kappa shape index (κ1) is 18.7. The topological polar surface area (TPSA) is 78.4 Å². The van der Waals surface area contributed by atoms with Crippen LogP contribution in [0.1, 0.15) is 28.8 Å². The number of amides is 2. The van der Waals surface area contributed by atoms with E-state index in [4.69, 9.17) is 5.11 Å². The van der Waals surface area contributed by atoms with Crippen LogP contribution < -0.4 is 10.6 Å². The predicted octanol–water partition coefficient (Wildman–Crippen LogP) is 2.14. The predicted molar refractivity (Wildman–Crippen MR) is 98.3 cm³/mol. The van der Waals surface area contributed by atoms with Crippen LogP contribution in [-0.2, 0) is 11.2 Å². The van der Waals surface area contributed by atoms with Gasteiger partial charge >= 0.3 is 0 Å². The van der Waals surface area contributed by atoms with Crippen LogP contribution in [-0.4, -0.2) is 37.1 Å². The van der Waals surface area contributed by atoms with Crippen molar-refractivity contribution in [2.45, 2.75) is 19.3 Å². The molecule has 5 nitrogen and oxygen atoms in total. The molecule has 2 aromatic carbocycles. The number of hydrogen-bond acceptors (Lipinski definition) is 3. The quantitative estimate of drug-likeness (QED) is 0.644. The highest BCUT2D eigenvalue weighted by atomic mass is 16.3. The minimum atomic E-state index is -0.143. The van der Waals surface area contributed by atoms with Crippen LogP contribution >= 0.6 is 0 Å². The van der Waals surface area contributed by atoms with Gasteiger partial charge in [-0.15, -0.1) is 0 Å². The molecule has 0 saturated carbocycles. The van der Waals surface area contributed by atoms with E-state index in [9.17, 15) is 9.59 Å². The van der Waals surface area contributed by atoms with E-state index in [0.717, 1.165) is 16.7 Å². The molecule has 0 bridgehead atoms. The number of aliphatic hydroxyl groups is 1. The first-order valence-electron chi connectivity index (χ1n) is 8.43. The van der Waals surface area contributed by atoms with E-state index < -0.39 is 0 Å². The first-order chi connectivity index (χ1) is 12.1. The van der Waals surface area contributed by atoms with E-state index in [-0.39, 0.29) is 18.4 Å². The lowest BCUT2D eigenvalue weighted by molar-refractivity contribution is -0.120. The molecule has 0 aromatic heterocycles. The zero-order valence-corrected chi connectivity index (χ0v) is 14.4. The number of hydrogen-bond donors (Lipinski definition) is 3. The number of benzene rings is 2. The van der Waals surface area contributed by atoms with Gasteiger partial charge in [0.25, 0.3) is 5.91 Å². The Kier molecular flexibility index (Phi) is 7.16. The SMILES string of the molecule is CNC(=O)CCCNC(=O)c1cccc(-c2ccc(CCO)cc2)c1. The summed E-state index contributed by atoms with van der Waals surface area (Å²) in [6.45, 7) is 0.598. The summed E-state index contributed by atoms with van der Waals surface area (Å²) < 4.78 is 0. The van der Waals surface area contributed by atoms with Crippen molar-refractivity contribution in [1.82, 2.24) is 10.6 Å². The number of carbonyl (C=O) groups is 2. The summed E-state index contributed by atoms with van der Waals surface area (Å²) in [5.41, 5.74) is 3.66. The fraction of sp³-hybridized carbons (Fsp3) is 0.300. The normalized spacial score (nSPS) is 10.3. The molecule has 0 heterocycles. The molecule has 0 radical (unpaired) electrons. The summed E-state index contributed by atoms with van der Waals surface area (Å²) in [4.78, 5) is 23.4. The second kappa shape index (κ2) is 9.59. The summed E-state index contributed by atoms with van der Waals surface area (Å²) >= 11 is 0. The van der Waals surface area contributed by atoms with E-state index in [1.54, 1.807) is 13.1 Å². The smallest absolute Gasteiger partial charge is 0.251 e. The molecule has 132 valence electrons. The minimum Gasteiger partial charge on any atom is -0.396 e. The van der Waals surface area contributed by atoms with Crippen molar-refractivity contribution in [3.63, 3.8) is 0 Å². The third-order valence-corrected chi connectivity index (χ3v) is 3.96. The Morgan fingerprint density at radius 3 is 2.48 bits per heavy atom. The van der Waals surface area contributed by atoms with E-state index in [1.807, 2.05) is 42.5 Å². The molecular formula is C20H24N2O3. The average Bonchev–Trinajstić information content (AvgIpc) is 2.65. The third-order valence-electron chi connectivity index (χ3n) is 3.96. The van der Waals surface area contributed by atoms with Crippen molar-refractivity contribution < 1.29 is 14.7 Å².